The van der Waals surface area contributed by atoms with Crippen molar-refractivity contribution in [2.75, 3.05) is 19.6 Å². The van der Waals surface area contributed by atoms with E-state index in [-0.39, 0.29) is 0 Å². The third-order valence-corrected chi connectivity index (χ3v) is 4.97. The molecule has 1 aliphatic carbocycles. The number of hydrogen-bond acceptors (Lipinski definition) is 2. The van der Waals surface area contributed by atoms with Crippen LogP contribution in [0.3, 0.4) is 0 Å². The summed E-state index contributed by atoms with van der Waals surface area (Å²) in [4.78, 5) is 2.78. The molecule has 2 heteroatoms. The maximum atomic E-state index is 3.67. The third kappa shape index (κ3) is 3.69. The van der Waals surface area contributed by atoms with Crippen molar-refractivity contribution >= 4 is 0 Å². The van der Waals surface area contributed by atoms with Crippen molar-refractivity contribution in [2.45, 2.75) is 70.9 Å². The summed E-state index contributed by atoms with van der Waals surface area (Å²) >= 11 is 0. The number of nitrogens with zero attached hydrogens (tertiary/aromatic N) is 1. The van der Waals surface area contributed by atoms with E-state index in [1.807, 2.05) is 0 Å². The molecule has 0 amide bonds. The maximum Gasteiger partial charge on any atom is 0.00952 e. The van der Waals surface area contributed by atoms with Gasteiger partial charge in [-0.15, -0.1) is 0 Å². The summed E-state index contributed by atoms with van der Waals surface area (Å²) in [5.74, 6) is 0.988. The Balaban J connectivity index is 1.85. The van der Waals surface area contributed by atoms with Gasteiger partial charge >= 0.3 is 0 Å². The summed E-state index contributed by atoms with van der Waals surface area (Å²) in [5.41, 5.74) is 0. The molecular formula is C15H30N2. The Morgan fingerprint density at radius 3 is 2.59 bits per heavy atom. The molecular weight excluding hydrogens is 208 g/mol. The van der Waals surface area contributed by atoms with Gasteiger partial charge in [-0.3, -0.25) is 0 Å². The summed E-state index contributed by atoms with van der Waals surface area (Å²) in [6, 6.07) is 1.58. The molecule has 1 N–H and O–H groups in total. The predicted molar refractivity (Wildman–Crippen MR) is 74.3 cm³/mol. The lowest BCUT2D eigenvalue weighted by Gasteiger charge is -2.36. The number of nitrogens with one attached hydrogen (secondary N) is 1. The van der Waals surface area contributed by atoms with Crippen LogP contribution in [-0.2, 0) is 0 Å². The molecule has 0 spiro atoms. The standard InChI is InChI=1S/C15H30N2/c1-3-15-9-12-17(11-6-10-16-15)13(2)14-7-4-5-8-14/h13-16H,3-12H2,1-2H3. The predicted octanol–water partition coefficient (Wildman–Crippen LogP) is 3.03. The topological polar surface area (TPSA) is 15.3 Å². The number of rotatable bonds is 3. The van der Waals surface area contributed by atoms with Crippen molar-refractivity contribution < 1.29 is 0 Å². The van der Waals surface area contributed by atoms with Crippen LogP contribution in [0.4, 0.5) is 0 Å². The largest absolute Gasteiger partial charge is 0.314 e. The van der Waals surface area contributed by atoms with Gasteiger partial charge in [0.1, 0.15) is 0 Å². The van der Waals surface area contributed by atoms with E-state index in [2.05, 4.69) is 24.1 Å². The fourth-order valence-corrected chi connectivity index (χ4v) is 3.62. The minimum Gasteiger partial charge on any atom is -0.314 e. The minimum absolute atomic E-state index is 0.758. The van der Waals surface area contributed by atoms with Crippen molar-refractivity contribution in [1.82, 2.24) is 10.2 Å². The fourth-order valence-electron chi connectivity index (χ4n) is 3.62. The first-order chi connectivity index (χ1) is 8.31. The third-order valence-electron chi connectivity index (χ3n) is 4.97. The van der Waals surface area contributed by atoms with E-state index < -0.39 is 0 Å². The van der Waals surface area contributed by atoms with Gasteiger partial charge in [-0.25, -0.2) is 0 Å². The molecule has 0 radical (unpaired) electrons. The van der Waals surface area contributed by atoms with E-state index in [9.17, 15) is 0 Å². The van der Waals surface area contributed by atoms with Crippen molar-refractivity contribution in [2.24, 2.45) is 5.92 Å². The molecule has 2 fully saturated rings. The molecule has 2 nitrogen and oxygen atoms in total. The first-order valence-corrected chi connectivity index (χ1v) is 7.78. The highest BCUT2D eigenvalue weighted by Gasteiger charge is 2.26. The highest BCUT2D eigenvalue weighted by atomic mass is 15.2. The van der Waals surface area contributed by atoms with Crippen LogP contribution >= 0.6 is 0 Å². The minimum atomic E-state index is 0.758. The summed E-state index contributed by atoms with van der Waals surface area (Å²) in [6.07, 6.45) is 9.86. The average molecular weight is 238 g/mol. The van der Waals surface area contributed by atoms with Crippen molar-refractivity contribution in [3.05, 3.63) is 0 Å². The Labute approximate surface area is 107 Å². The van der Waals surface area contributed by atoms with E-state index in [1.54, 1.807) is 0 Å². The SMILES string of the molecule is CCC1CCN(C(C)C2CCCC2)CCCN1. The van der Waals surface area contributed by atoms with Gasteiger partial charge in [0.05, 0.1) is 0 Å². The van der Waals surface area contributed by atoms with Gasteiger partial charge in [-0.05, 0) is 64.6 Å². The highest BCUT2D eigenvalue weighted by molar-refractivity contribution is 4.82. The van der Waals surface area contributed by atoms with Crippen LogP contribution in [0.5, 0.6) is 0 Å². The molecule has 1 aliphatic heterocycles. The van der Waals surface area contributed by atoms with Crippen LogP contribution in [-0.4, -0.2) is 36.6 Å². The maximum absolute atomic E-state index is 3.67. The van der Waals surface area contributed by atoms with Crippen LogP contribution < -0.4 is 5.32 Å². The van der Waals surface area contributed by atoms with Gasteiger partial charge in [0.25, 0.3) is 0 Å². The van der Waals surface area contributed by atoms with Crippen molar-refractivity contribution in [3.63, 3.8) is 0 Å². The van der Waals surface area contributed by atoms with Gasteiger partial charge < -0.3 is 10.2 Å². The lowest BCUT2D eigenvalue weighted by molar-refractivity contribution is 0.137. The van der Waals surface area contributed by atoms with Crippen LogP contribution in [0.2, 0.25) is 0 Å². The van der Waals surface area contributed by atoms with E-state index in [4.69, 9.17) is 0 Å². The monoisotopic (exact) mass is 238 g/mol. The van der Waals surface area contributed by atoms with E-state index in [1.165, 1.54) is 64.6 Å². The Kier molecular flexibility index (Phi) is 5.30. The molecule has 0 aromatic carbocycles. The van der Waals surface area contributed by atoms with Gasteiger partial charge in [0.15, 0.2) is 0 Å². The van der Waals surface area contributed by atoms with Crippen LogP contribution in [0.25, 0.3) is 0 Å². The van der Waals surface area contributed by atoms with Gasteiger partial charge in [0.2, 0.25) is 0 Å². The second-order valence-corrected chi connectivity index (χ2v) is 6.02. The first-order valence-electron chi connectivity index (χ1n) is 7.78. The Bertz CT molecular complexity index is 211. The first kappa shape index (κ1) is 13.4. The number of hydrogen-bond donors (Lipinski definition) is 1. The zero-order chi connectivity index (χ0) is 12.1. The molecule has 0 aromatic heterocycles. The second kappa shape index (κ2) is 6.75. The zero-order valence-electron chi connectivity index (χ0n) is 11.8. The Morgan fingerprint density at radius 1 is 1.12 bits per heavy atom. The van der Waals surface area contributed by atoms with E-state index >= 15 is 0 Å². The summed E-state index contributed by atoms with van der Waals surface area (Å²) < 4.78 is 0. The average Bonchev–Trinajstić information content (AvgIpc) is 2.82. The van der Waals surface area contributed by atoms with Crippen molar-refractivity contribution in [3.8, 4) is 0 Å². The van der Waals surface area contributed by atoms with Crippen molar-refractivity contribution in [1.29, 1.82) is 0 Å². The summed E-state index contributed by atoms with van der Waals surface area (Å²) in [7, 11) is 0. The lowest BCUT2D eigenvalue weighted by Crippen LogP contribution is -2.45. The molecule has 0 aromatic rings. The lowest BCUT2D eigenvalue weighted by atomic mass is 9.97. The molecule has 1 saturated carbocycles. The molecule has 1 heterocycles. The van der Waals surface area contributed by atoms with Crippen LogP contribution in [0.1, 0.15) is 58.8 Å². The molecule has 2 unspecified atom stereocenters. The molecule has 2 aliphatic rings. The molecule has 100 valence electrons. The van der Waals surface area contributed by atoms with Crippen LogP contribution in [0, 0.1) is 5.92 Å². The summed E-state index contributed by atoms with van der Waals surface area (Å²) in [5, 5.41) is 3.67. The molecule has 17 heavy (non-hydrogen) atoms. The quantitative estimate of drug-likeness (QED) is 0.813. The molecule has 1 saturated heterocycles. The summed E-state index contributed by atoms with van der Waals surface area (Å²) in [6.45, 7) is 8.62. The van der Waals surface area contributed by atoms with Crippen LogP contribution in [0.15, 0.2) is 0 Å². The molecule has 0 bridgehead atoms. The van der Waals surface area contributed by atoms with E-state index in [0.29, 0.717) is 0 Å². The Morgan fingerprint density at radius 2 is 1.88 bits per heavy atom. The Hall–Kier alpha value is -0.0800. The normalized spacial score (nSPS) is 31.1. The zero-order valence-corrected chi connectivity index (χ0v) is 11.8. The van der Waals surface area contributed by atoms with Gasteiger partial charge in [-0.2, -0.15) is 0 Å². The van der Waals surface area contributed by atoms with Gasteiger partial charge in [-0.1, -0.05) is 19.8 Å². The highest BCUT2D eigenvalue weighted by Crippen LogP contribution is 2.30. The fraction of sp³-hybridized carbons (Fsp3) is 1.00. The van der Waals surface area contributed by atoms with E-state index in [0.717, 1.165) is 18.0 Å². The molecule has 2 rings (SSSR count). The smallest absolute Gasteiger partial charge is 0.00952 e. The molecule has 2 atom stereocenters. The second-order valence-electron chi connectivity index (χ2n) is 6.02. The van der Waals surface area contributed by atoms with Gasteiger partial charge in [0, 0.05) is 12.1 Å².